The van der Waals surface area contributed by atoms with E-state index in [4.69, 9.17) is 23.2 Å². The third kappa shape index (κ3) is 2.97. The first-order valence-corrected chi connectivity index (χ1v) is 5.70. The van der Waals surface area contributed by atoms with Gasteiger partial charge < -0.3 is 5.32 Å². The van der Waals surface area contributed by atoms with E-state index < -0.39 is 11.9 Å². The van der Waals surface area contributed by atoms with Crippen LogP contribution < -0.4 is 5.32 Å². The summed E-state index contributed by atoms with van der Waals surface area (Å²) in [5, 5.41) is 3.33. The van der Waals surface area contributed by atoms with Gasteiger partial charge in [-0.05, 0) is 24.3 Å². The minimum Gasteiger partial charge on any atom is -0.321 e. The molecule has 1 N–H and O–H groups in total. The molecule has 2 rings (SSSR count). The normalized spacial score (nSPS) is 10.2. The van der Waals surface area contributed by atoms with Crippen LogP contribution >= 0.6 is 23.2 Å². The Hall–Kier alpha value is -1.65. The highest BCUT2D eigenvalue weighted by Crippen LogP contribution is 2.25. The number of amides is 1. The highest BCUT2D eigenvalue weighted by atomic mass is 35.5. The Morgan fingerprint density at radius 1 is 1.22 bits per heavy atom. The van der Waals surface area contributed by atoms with E-state index in [1.165, 1.54) is 18.3 Å². The topological polar surface area (TPSA) is 42.0 Å². The number of nitrogens with one attached hydrogen (secondary N) is 1. The molecule has 0 aliphatic heterocycles. The number of pyridine rings is 1. The molecular weight excluding hydrogens is 278 g/mol. The molecule has 0 aliphatic carbocycles. The molecule has 0 atom stereocenters. The number of benzene rings is 1. The van der Waals surface area contributed by atoms with Crippen molar-refractivity contribution in [3.8, 4) is 0 Å². The van der Waals surface area contributed by atoms with E-state index in [2.05, 4.69) is 10.3 Å². The van der Waals surface area contributed by atoms with E-state index in [1.54, 1.807) is 12.1 Å². The largest absolute Gasteiger partial charge is 0.321 e. The number of carbonyl (C=O) groups is 1. The number of carbonyl (C=O) groups excluding carboxylic acids is 1. The van der Waals surface area contributed by atoms with E-state index in [0.717, 1.165) is 6.07 Å². The molecule has 2 aromatic rings. The third-order valence-electron chi connectivity index (χ3n) is 2.17. The van der Waals surface area contributed by atoms with Crippen LogP contribution in [-0.2, 0) is 0 Å². The first-order chi connectivity index (χ1) is 8.56. The van der Waals surface area contributed by atoms with E-state index in [0.29, 0.717) is 15.7 Å². The SMILES string of the molecule is O=C(Nc1cc(Cl)ccc1Cl)c1ccnc(F)c1. The van der Waals surface area contributed by atoms with Gasteiger partial charge in [-0.2, -0.15) is 4.39 Å². The van der Waals surface area contributed by atoms with Crippen LogP contribution in [0.15, 0.2) is 36.5 Å². The molecule has 0 fully saturated rings. The highest BCUT2D eigenvalue weighted by Gasteiger charge is 2.09. The van der Waals surface area contributed by atoms with Crippen LogP contribution in [0.25, 0.3) is 0 Å². The molecule has 0 bridgehead atoms. The zero-order valence-corrected chi connectivity index (χ0v) is 10.5. The van der Waals surface area contributed by atoms with E-state index in [1.807, 2.05) is 0 Å². The van der Waals surface area contributed by atoms with Crippen molar-refractivity contribution in [2.75, 3.05) is 5.32 Å². The average Bonchev–Trinajstić information content (AvgIpc) is 2.34. The minimum absolute atomic E-state index is 0.151. The lowest BCUT2D eigenvalue weighted by Crippen LogP contribution is -2.12. The quantitative estimate of drug-likeness (QED) is 0.853. The summed E-state index contributed by atoms with van der Waals surface area (Å²) in [6.45, 7) is 0. The Kier molecular flexibility index (Phi) is 3.79. The van der Waals surface area contributed by atoms with Gasteiger partial charge >= 0.3 is 0 Å². The summed E-state index contributed by atoms with van der Waals surface area (Å²) in [5.74, 6) is -1.21. The Bertz CT molecular complexity index is 604. The van der Waals surface area contributed by atoms with E-state index in [9.17, 15) is 9.18 Å². The van der Waals surface area contributed by atoms with Gasteiger partial charge in [0.15, 0.2) is 0 Å². The minimum atomic E-state index is -0.722. The van der Waals surface area contributed by atoms with Crippen LogP contribution in [0, 0.1) is 5.95 Å². The molecule has 1 heterocycles. The second kappa shape index (κ2) is 5.33. The van der Waals surface area contributed by atoms with Gasteiger partial charge in [0.25, 0.3) is 5.91 Å². The molecule has 0 saturated carbocycles. The van der Waals surface area contributed by atoms with Crippen LogP contribution in [0.4, 0.5) is 10.1 Å². The zero-order chi connectivity index (χ0) is 13.1. The van der Waals surface area contributed by atoms with Crippen molar-refractivity contribution >= 4 is 34.8 Å². The van der Waals surface area contributed by atoms with Crippen molar-refractivity contribution in [1.29, 1.82) is 0 Å². The lowest BCUT2D eigenvalue weighted by Gasteiger charge is -2.07. The maximum atomic E-state index is 12.9. The zero-order valence-electron chi connectivity index (χ0n) is 8.95. The predicted octanol–water partition coefficient (Wildman–Crippen LogP) is 3.78. The summed E-state index contributed by atoms with van der Waals surface area (Å²) >= 11 is 11.7. The number of anilines is 1. The van der Waals surface area contributed by atoms with Gasteiger partial charge in [0, 0.05) is 22.8 Å². The fourth-order valence-electron chi connectivity index (χ4n) is 1.33. The Labute approximate surface area is 113 Å². The van der Waals surface area contributed by atoms with Crippen LogP contribution in [0.3, 0.4) is 0 Å². The standard InChI is InChI=1S/C12H7Cl2FN2O/c13-8-1-2-9(14)10(6-8)17-12(18)7-3-4-16-11(15)5-7/h1-6H,(H,17,18). The second-order valence-corrected chi connectivity index (χ2v) is 4.29. The summed E-state index contributed by atoms with van der Waals surface area (Å²) in [5.41, 5.74) is 0.518. The van der Waals surface area contributed by atoms with Gasteiger partial charge in [-0.15, -0.1) is 0 Å². The Morgan fingerprint density at radius 3 is 2.72 bits per heavy atom. The first-order valence-electron chi connectivity index (χ1n) is 4.94. The van der Waals surface area contributed by atoms with Crippen LogP contribution in [-0.4, -0.2) is 10.9 Å². The van der Waals surface area contributed by atoms with Crippen LogP contribution in [0.5, 0.6) is 0 Å². The summed E-state index contributed by atoms with van der Waals surface area (Å²) in [4.78, 5) is 15.2. The number of halogens is 3. The smallest absolute Gasteiger partial charge is 0.255 e. The third-order valence-corrected chi connectivity index (χ3v) is 2.73. The molecule has 6 heteroatoms. The Morgan fingerprint density at radius 2 is 2.00 bits per heavy atom. The fraction of sp³-hybridized carbons (Fsp3) is 0. The monoisotopic (exact) mass is 284 g/mol. The van der Waals surface area contributed by atoms with E-state index in [-0.39, 0.29) is 5.56 Å². The van der Waals surface area contributed by atoms with Crippen LogP contribution in [0.2, 0.25) is 10.0 Å². The predicted molar refractivity (Wildman–Crippen MR) is 68.6 cm³/mol. The van der Waals surface area contributed by atoms with Gasteiger partial charge in [-0.3, -0.25) is 4.79 Å². The summed E-state index contributed by atoms with van der Waals surface area (Å²) in [6.07, 6.45) is 1.21. The second-order valence-electron chi connectivity index (χ2n) is 3.45. The maximum Gasteiger partial charge on any atom is 0.255 e. The lowest BCUT2D eigenvalue weighted by atomic mass is 10.2. The number of rotatable bonds is 2. The van der Waals surface area contributed by atoms with E-state index >= 15 is 0 Å². The molecule has 0 aliphatic rings. The molecule has 18 heavy (non-hydrogen) atoms. The number of aromatic nitrogens is 1. The number of hydrogen-bond acceptors (Lipinski definition) is 2. The number of nitrogens with zero attached hydrogens (tertiary/aromatic N) is 1. The summed E-state index contributed by atoms with van der Waals surface area (Å²) in [7, 11) is 0. The molecule has 1 amide bonds. The molecule has 0 saturated heterocycles. The van der Waals surface area contributed by atoms with Crippen LogP contribution in [0.1, 0.15) is 10.4 Å². The van der Waals surface area contributed by atoms with Gasteiger partial charge in [0.1, 0.15) is 0 Å². The molecule has 1 aromatic heterocycles. The summed E-state index contributed by atoms with van der Waals surface area (Å²) < 4.78 is 12.9. The van der Waals surface area contributed by atoms with Gasteiger partial charge in [-0.1, -0.05) is 23.2 Å². The molecule has 0 spiro atoms. The summed E-state index contributed by atoms with van der Waals surface area (Å²) in [6, 6.07) is 7.11. The number of hydrogen-bond donors (Lipinski definition) is 1. The fourth-order valence-corrected chi connectivity index (χ4v) is 1.67. The molecular formula is C12H7Cl2FN2O. The molecule has 0 radical (unpaired) electrons. The Balaban J connectivity index is 2.24. The molecule has 1 aromatic carbocycles. The van der Waals surface area contributed by atoms with Crippen molar-refractivity contribution in [2.24, 2.45) is 0 Å². The highest BCUT2D eigenvalue weighted by molar-refractivity contribution is 6.35. The average molecular weight is 285 g/mol. The van der Waals surface area contributed by atoms with Crippen molar-refractivity contribution < 1.29 is 9.18 Å². The van der Waals surface area contributed by atoms with Crippen molar-refractivity contribution in [1.82, 2.24) is 4.98 Å². The van der Waals surface area contributed by atoms with Crippen molar-refractivity contribution in [3.63, 3.8) is 0 Å². The first kappa shape index (κ1) is 12.8. The van der Waals surface area contributed by atoms with Gasteiger partial charge in [0.05, 0.1) is 10.7 Å². The lowest BCUT2D eigenvalue weighted by molar-refractivity contribution is 0.102. The maximum absolute atomic E-state index is 12.9. The van der Waals surface area contributed by atoms with Gasteiger partial charge in [0.2, 0.25) is 5.95 Å². The van der Waals surface area contributed by atoms with Crippen molar-refractivity contribution in [3.05, 3.63) is 58.1 Å². The molecule has 92 valence electrons. The molecule has 3 nitrogen and oxygen atoms in total. The molecule has 0 unspecified atom stereocenters. The van der Waals surface area contributed by atoms with Crippen molar-refractivity contribution in [2.45, 2.75) is 0 Å². The van der Waals surface area contributed by atoms with Gasteiger partial charge in [-0.25, -0.2) is 4.98 Å².